The van der Waals surface area contributed by atoms with Gasteiger partial charge in [-0.15, -0.1) is 10.2 Å². The normalized spacial score (nSPS) is 19.2. The first-order valence-electron chi connectivity index (χ1n) is 14.1. The van der Waals surface area contributed by atoms with Gasteiger partial charge in [-0.05, 0) is 79.5 Å². The zero-order valence-electron chi connectivity index (χ0n) is 23.5. The van der Waals surface area contributed by atoms with Crippen molar-refractivity contribution in [3.05, 3.63) is 84.4 Å². The number of amides is 4. The number of carbonyl (C=O) groups excluding carboxylic acids is 3. The molecule has 3 aromatic carbocycles. The minimum Gasteiger partial charge on any atom is -0.318 e. The predicted molar refractivity (Wildman–Crippen MR) is 158 cm³/mol. The van der Waals surface area contributed by atoms with E-state index in [9.17, 15) is 14.4 Å². The number of benzene rings is 3. The molecule has 2 N–H and O–H groups in total. The molecule has 6 rings (SSSR count). The standard InChI is InChI=1S/C31H32N8O3/c1-31(2,21-12-6-7-13-21)39-25-18-9-8-17-24(25)38(23-15-4-3-5-16-23)28(40)26(29(39)41)33-30(42)32-22-14-10-11-20(19-22)27-34-36-37-35-27/h3-5,8-11,14-19,21,26-27H,6-7,12-13H2,1-2H3,(H2,32,33,42). The Kier molecular flexibility index (Phi) is 7.24. The molecule has 0 bridgehead atoms. The molecule has 0 aromatic heterocycles. The number of urea groups is 1. The van der Waals surface area contributed by atoms with E-state index in [1.807, 2.05) is 54.6 Å². The first-order chi connectivity index (χ1) is 20.3. The van der Waals surface area contributed by atoms with Crippen molar-refractivity contribution in [1.29, 1.82) is 0 Å². The van der Waals surface area contributed by atoms with Crippen LogP contribution in [0.25, 0.3) is 0 Å². The molecular formula is C31H32N8O3. The summed E-state index contributed by atoms with van der Waals surface area (Å²) in [4.78, 5) is 45.5. The summed E-state index contributed by atoms with van der Waals surface area (Å²) in [6.45, 7) is 4.11. The smallest absolute Gasteiger partial charge is 0.318 e. The molecule has 3 aliphatic rings. The SMILES string of the molecule is CC(C)(C1CCCC1)N1C(=O)C(NC(=O)Nc2cccc(C3N=NN=N3)c2)C(=O)N(c2ccccc2)c2ccccc21. The van der Waals surface area contributed by atoms with Crippen LogP contribution in [0, 0.1) is 5.92 Å². The van der Waals surface area contributed by atoms with Gasteiger partial charge in [0, 0.05) is 22.5 Å². The molecule has 1 aliphatic carbocycles. The average molecular weight is 565 g/mol. The summed E-state index contributed by atoms with van der Waals surface area (Å²) < 4.78 is 0. The highest BCUT2D eigenvalue weighted by Crippen LogP contribution is 2.45. The van der Waals surface area contributed by atoms with Crippen LogP contribution in [0.1, 0.15) is 51.3 Å². The van der Waals surface area contributed by atoms with Gasteiger partial charge in [0.25, 0.3) is 11.8 Å². The Balaban J connectivity index is 1.37. The van der Waals surface area contributed by atoms with Crippen molar-refractivity contribution in [2.24, 2.45) is 26.6 Å². The summed E-state index contributed by atoms with van der Waals surface area (Å²) in [5.74, 6) is -0.771. The van der Waals surface area contributed by atoms with E-state index in [0.29, 0.717) is 28.3 Å². The minimum atomic E-state index is -1.47. The lowest BCUT2D eigenvalue weighted by atomic mass is 9.83. The molecule has 11 heteroatoms. The molecule has 0 radical (unpaired) electrons. The van der Waals surface area contributed by atoms with Crippen molar-refractivity contribution in [2.45, 2.75) is 57.3 Å². The molecule has 11 nitrogen and oxygen atoms in total. The van der Waals surface area contributed by atoms with E-state index >= 15 is 0 Å². The van der Waals surface area contributed by atoms with Crippen LogP contribution in [-0.2, 0) is 9.59 Å². The summed E-state index contributed by atoms with van der Waals surface area (Å²) in [5, 5.41) is 20.4. The van der Waals surface area contributed by atoms with Crippen molar-refractivity contribution in [1.82, 2.24) is 5.32 Å². The molecule has 1 unspecified atom stereocenters. The summed E-state index contributed by atoms with van der Waals surface area (Å²) in [5.41, 5.74) is 2.35. The van der Waals surface area contributed by atoms with Gasteiger partial charge in [0.05, 0.1) is 11.4 Å². The van der Waals surface area contributed by atoms with Crippen molar-refractivity contribution >= 4 is 40.6 Å². The van der Waals surface area contributed by atoms with Gasteiger partial charge >= 0.3 is 6.03 Å². The van der Waals surface area contributed by atoms with Crippen molar-refractivity contribution in [3.63, 3.8) is 0 Å². The van der Waals surface area contributed by atoms with Crippen LogP contribution in [-0.4, -0.2) is 29.4 Å². The third-order valence-corrected chi connectivity index (χ3v) is 8.32. The molecule has 1 saturated carbocycles. The van der Waals surface area contributed by atoms with Gasteiger partial charge in [0.2, 0.25) is 6.17 Å². The van der Waals surface area contributed by atoms with Crippen LogP contribution < -0.4 is 20.4 Å². The predicted octanol–water partition coefficient (Wildman–Crippen LogP) is 6.69. The Hall–Kier alpha value is -4.93. The second-order valence-electron chi connectivity index (χ2n) is 11.2. The first-order valence-corrected chi connectivity index (χ1v) is 14.1. The summed E-state index contributed by atoms with van der Waals surface area (Å²) in [6, 6.07) is 21.4. The summed E-state index contributed by atoms with van der Waals surface area (Å²) >= 11 is 0. The van der Waals surface area contributed by atoms with E-state index in [4.69, 9.17) is 0 Å². The molecule has 2 aliphatic heterocycles. The van der Waals surface area contributed by atoms with Gasteiger partial charge in [-0.3, -0.25) is 14.5 Å². The molecule has 42 heavy (non-hydrogen) atoms. The highest BCUT2D eigenvalue weighted by Gasteiger charge is 2.49. The lowest BCUT2D eigenvalue weighted by molar-refractivity contribution is -0.129. The van der Waals surface area contributed by atoms with Gasteiger partial charge in [-0.25, -0.2) is 4.79 Å². The molecule has 214 valence electrons. The number of hydrogen-bond acceptors (Lipinski definition) is 7. The first kappa shape index (κ1) is 27.3. The number of nitrogens with zero attached hydrogens (tertiary/aromatic N) is 6. The van der Waals surface area contributed by atoms with Gasteiger partial charge < -0.3 is 15.5 Å². The van der Waals surface area contributed by atoms with E-state index in [1.165, 1.54) is 4.90 Å². The van der Waals surface area contributed by atoms with Gasteiger partial charge in [-0.1, -0.05) is 55.3 Å². The van der Waals surface area contributed by atoms with Gasteiger partial charge in [0.15, 0.2) is 6.04 Å². The number of anilines is 4. The fourth-order valence-electron chi connectivity index (χ4n) is 6.20. The van der Waals surface area contributed by atoms with Gasteiger partial charge in [0.1, 0.15) is 0 Å². The molecule has 0 saturated heterocycles. The molecule has 4 amide bonds. The third-order valence-electron chi connectivity index (χ3n) is 8.32. The Morgan fingerprint density at radius 2 is 1.50 bits per heavy atom. The Labute approximate surface area is 243 Å². The quantitative estimate of drug-likeness (QED) is 0.323. The zero-order valence-corrected chi connectivity index (χ0v) is 23.5. The number of nitrogens with one attached hydrogen (secondary N) is 2. The van der Waals surface area contributed by atoms with E-state index in [1.54, 1.807) is 29.2 Å². The largest absolute Gasteiger partial charge is 0.320 e. The monoisotopic (exact) mass is 564 g/mol. The van der Waals surface area contributed by atoms with Crippen LogP contribution in [0.2, 0.25) is 0 Å². The molecule has 3 aromatic rings. The van der Waals surface area contributed by atoms with E-state index in [-0.39, 0.29) is 5.92 Å². The van der Waals surface area contributed by atoms with Crippen LogP contribution >= 0.6 is 0 Å². The number of para-hydroxylation sites is 3. The molecule has 1 atom stereocenters. The maximum Gasteiger partial charge on any atom is 0.320 e. The van der Waals surface area contributed by atoms with Crippen LogP contribution in [0.4, 0.5) is 27.5 Å². The number of carbonyl (C=O) groups is 3. The van der Waals surface area contributed by atoms with Gasteiger partial charge in [-0.2, -0.15) is 0 Å². The van der Waals surface area contributed by atoms with E-state index in [0.717, 1.165) is 25.7 Å². The Morgan fingerprint density at radius 1 is 0.833 bits per heavy atom. The molecule has 0 spiro atoms. The lowest BCUT2D eigenvalue weighted by Crippen LogP contribution is -2.61. The fourth-order valence-corrected chi connectivity index (χ4v) is 6.20. The maximum absolute atomic E-state index is 14.5. The summed E-state index contributed by atoms with van der Waals surface area (Å²) in [7, 11) is 0. The fraction of sp³-hybridized carbons (Fsp3) is 0.323. The summed E-state index contributed by atoms with van der Waals surface area (Å²) in [6.07, 6.45) is 3.59. The van der Waals surface area contributed by atoms with Crippen LogP contribution in [0.15, 0.2) is 99.5 Å². The molecular weight excluding hydrogens is 532 g/mol. The number of hydrogen-bond donors (Lipinski definition) is 2. The molecule has 1 fully saturated rings. The minimum absolute atomic E-state index is 0.245. The average Bonchev–Trinajstić information content (AvgIpc) is 3.72. The topological polar surface area (TPSA) is 131 Å². The highest BCUT2D eigenvalue weighted by molar-refractivity contribution is 6.24. The van der Waals surface area contributed by atoms with Crippen molar-refractivity contribution < 1.29 is 14.4 Å². The lowest BCUT2D eigenvalue weighted by Gasteiger charge is -2.43. The second kappa shape index (κ2) is 11.2. The number of rotatable bonds is 6. The van der Waals surface area contributed by atoms with E-state index < -0.39 is 35.6 Å². The van der Waals surface area contributed by atoms with Crippen molar-refractivity contribution in [2.75, 3.05) is 15.1 Å². The third kappa shape index (κ3) is 5.02. The Bertz CT molecular complexity index is 1550. The second-order valence-corrected chi connectivity index (χ2v) is 11.2. The van der Waals surface area contributed by atoms with Crippen molar-refractivity contribution in [3.8, 4) is 0 Å². The maximum atomic E-state index is 14.5. The van der Waals surface area contributed by atoms with Crippen LogP contribution in [0.5, 0.6) is 0 Å². The number of fused-ring (bicyclic) bond motifs is 1. The Morgan fingerprint density at radius 3 is 2.21 bits per heavy atom. The highest BCUT2D eigenvalue weighted by atomic mass is 16.2. The zero-order chi connectivity index (χ0) is 29.3. The molecule has 2 heterocycles. The van der Waals surface area contributed by atoms with Crippen LogP contribution in [0.3, 0.4) is 0 Å². The van der Waals surface area contributed by atoms with E-state index in [2.05, 4.69) is 45.2 Å².